The number of hydrogen-bond donors (Lipinski definition) is 0. The summed E-state index contributed by atoms with van der Waals surface area (Å²) in [7, 11) is 0. The summed E-state index contributed by atoms with van der Waals surface area (Å²) < 4.78 is 2.11. The van der Waals surface area contributed by atoms with Crippen LogP contribution in [0.25, 0.3) is 5.57 Å². The molecule has 0 saturated carbocycles. The second kappa shape index (κ2) is 5.14. The molecule has 1 heteroatoms. The maximum Gasteiger partial charge on any atom is -0.00897 e. The monoisotopic (exact) mass is 270 g/mol. The predicted octanol–water partition coefficient (Wildman–Crippen LogP) is 4.04. The number of benzene rings is 1. The number of hydrogen-bond acceptors (Lipinski definition) is 0. The molecule has 0 bridgehead atoms. The number of allylic oxidation sites excluding steroid dienone is 2. The van der Waals surface area contributed by atoms with Gasteiger partial charge in [-0.25, -0.2) is 0 Å². The van der Waals surface area contributed by atoms with E-state index in [-0.39, 0.29) is 0 Å². The summed E-state index contributed by atoms with van der Waals surface area (Å²) in [6, 6.07) is 10.4. The van der Waals surface area contributed by atoms with Gasteiger partial charge in [-0.3, -0.25) is 0 Å². The van der Waals surface area contributed by atoms with E-state index in [1.54, 1.807) is 0 Å². The molecule has 0 fully saturated rings. The van der Waals surface area contributed by atoms with Gasteiger partial charge in [0.15, 0.2) is 0 Å². The van der Waals surface area contributed by atoms with Crippen LogP contribution in [0, 0.1) is 0 Å². The van der Waals surface area contributed by atoms with E-state index in [0.29, 0.717) is 0 Å². The van der Waals surface area contributed by atoms with Crippen molar-refractivity contribution in [1.29, 1.82) is 0 Å². The third-order valence-corrected chi connectivity index (χ3v) is 2.39. The Morgan fingerprint density at radius 2 is 2.00 bits per heavy atom. The summed E-state index contributed by atoms with van der Waals surface area (Å²) >= 11 is 2.27. The van der Waals surface area contributed by atoms with Crippen molar-refractivity contribution in [1.82, 2.24) is 0 Å². The lowest BCUT2D eigenvalue weighted by Gasteiger charge is -2.01. The second-order valence-corrected chi connectivity index (χ2v) is 3.12. The Kier molecular flexibility index (Phi) is 4.08. The van der Waals surface area contributed by atoms with Crippen LogP contribution in [0.4, 0.5) is 0 Å². The quantitative estimate of drug-likeness (QED) is 0.574. The first kappa shape index (κ1) is 9.52. The first-order valence-electron chi connectivity index (χ1n) is 3.84. The van der Waals surface area contributed by atoms with E-state index in [2.05, 4.69) is 57.5 Å². The third kappa shape index (κ3) is 2.48. The average molecular weight is 270 g/mol. The second-order valence-electron chi connectivity index (χ2n) is 2.49. The zero-order chi connectivity index (χ0) is 8.81. The van der Waals surface area contributed by atoms with Crippen molar-refractivity contribution in [2.24, 2.45) is 0 Å². The van der Waals surface area contributed by atoms with Crippen molar-refractivity contribution in [3.05, 3.63) is 52.6 Å². The Labute approximate surface area is 87.1 Å². The average Bonchev–Trinajstić information content (AvgIpc) is 2.15. The van der Waals surface area contributed by atoms with Gasteiger partial charge in [0.2, 0.25) is 0 Å². The molecule has 1 aromatic rings. The fourth-order valence-electron chi connectivity index (χ4n) is 1.03. The summed E-state index contributed by atoms with van der Waals surface area (Å²) in [4.78, 5) is 0. The molecule has 0 N–H and O–H groups in total. The molecule has 0 aliphatic carbocycles. The normalized spacial score (nSPS) is 11.2. The summed E-state index contributed by atoms with van der Waals surface area (Å²) in [5, 5.41) is 0. The molecule has 0 atom stereocenters. The molecule has 0 radical (unpaired) electrons. The molecule has 0 amide bonds. The van der Waals surface area contributed by atoms with Crippen molar-refractivity contribution in [3.63, 3.8) is 0 Å². The Balaban J connectivity index is 2.88. The fourth-order valence-corrected chi connectivity index (χ4v) is 1.65. The summed E-state index contributed by atoms with van der Waals surface area (Å²) in [6.45, 7) is 3.73. The minimum absolute atomic E-state index is 0.937. The maximum atomic E-state index is 3.73. The molecular weight excluding hydrogens is 259 g/mol. The molecule has 0 nitrogen and oxygen atoms in total. The molecule has 0 unspecified atom stereocenters. The van der Waals surface area contributed by atoms with Gasteiger partial charge in [-0.1, -0.05) is 59.0 Å². The Morgan fingerprint density at radius 3 is 2.50 bits per heavy atom. The summed E-state index contributed by atoms with van der Waals surface area (Å²) in [5.74, 6) is 0. The van der Waals surface area contributed by atoms with Crippen LogP contribution in [-0.2, 0) is 0 Å². The van der Waals surface area contributed by atoms with Crippen molar-refractivity contribution in [3.8, 4) is 0 Å². The summed E-state index contributed by atoms with van der Waals surface area (Å²) in [6.07, 6.45) is 2.87. The van der Waals surface area contributed by atoms with Crippen LogP contribution in [-0.4, -0.2) is 0 Å². The molecule has 0 heterocycles. The molecular formula is C11H11I. The fraction of sp³-hybridized carbons (Fsp3) is 0.0909. The van der Waals surface area contributed by atoms with Crippen LogP contribution in [0.2, 0.25) is 0 Å². The SMILES string of the molecule is C=CCC(=CI)c1ccccc1. The van der Waals surface area contributed by atoms with E-state index in [1.807, 2.05) is 12.1 Å². The van der Waals surface area contributed by atoms with Crippen molar-refractivity contribution in [2.45, 2.75) is 6.42 Å². The van der Waals surface area contributed by atoms with Gasteiger partial charge in [-0.05, 0) is 21.6 Å². The third-order valence-electron chi connectivity index (χ3n) is 1.64. The standard InChI is InChI=1S/C11H11I/c1-2-6-11(9-12)10-7-4-3-5-8-10/h2-5,7-9H,1,6H2. The lowest BCUT2D eigenvalue weighted by atomic mass is 10.1. The Morgan fingerprint density at radius 1 is 1.33 bits per heavy atom. The van der Waals surface area contributed by atoms with Crippen LogP contribution in [0.15, 0.2) is 47.1 Å². The lowest BCUT2D eigenvalue weighted by Crippen LogP contribution is -1.79. The van der Waals surface area contributed by atoms with Gasteiger partial charge in [0.1, 0.15) is 0 Å². The van der Waals surface area contributed by atoms with Gasteiger partial charge in [0, 0.05) is 0 Å². The van der Waals surface area contributed by atoms with Gasteiger partial charge >= 0.3 is 0 Å². The van der Waals surface area contributed by atoms with Crippen molar-refractivity contribution < 1.29 is 0 Å². The topological polar surface area (TPSA) is 0 Å². The molecule has 0 aromatic heterocycles. The zero-order valence-corrected chi connectivity index (χ0v) is 8.99. The van der Waals surface area contributed by atoms with Gasteiger partial charge in [-0.15, -0.1) is 6.58 Å². The minimum Gasteiger partial charge on any atom is -0.103 e. The first-order valence-corrected chi connectivity index (χ1v) is 5.08. The summed E-state index contributed by atoms with van der Waals surface area (Å²) in [5.41, 5.74) is 2.61. The number of halogens is 1. The number of rotatable bonds is 3. The highest BCUT2D eigenvalue weighted by Gasteiger charge is 1.95. The maximum absolute atomic E-state index is 3.73. The molecule has 0 aliphatic heterocycles. The molecule has 12 heavy (non-hydrogen) atoms. The zero-order valence-electron chi connectivity index (χ0n) is 6.83. The Bertz CT molecular complexity index is 272. The lowest BCUT2D eigenvalue weighted by molar-refractivity contribution is 1.41. The minimum atomic E-state index is 0.937. The molecule has 0 saturated heterocycles. The molecule has 1 aromatic carbocycles. The smallest absolute Gasteiger partial charge is 0.00897 e. The van der Waals surface area contributed by atoms with E-state index in [4.69, 9.17) is 0 Å². The van der Waals surface area contributed by atoms with Gasteiger partial charge in [0.25, 0.3) is 0 Å². The highest BCUT2D eigenvalue weighted by molar-refractivity contribution is 14.1. The van der Waals surface area contributed by atoms with E-state index in [1.165, 1.54) is 11.1 Å². The van der Waals surface area contributed by atoms with Gasteiger partial charge < -0.3 is 0 Å². The van der Waals surface area contributed by atoms with E-state index in [0.717, 1.165) is 6.42 Å². The van der Waals surface area contributed by atoms with Crippen LogP contribution < -0.4 is 0 Å². The van der Waals surface area contributed by atoms with Crippen molar-refractivity contribution >= 4 is 28.2 Å². The van der Waals surface area contributed by atoms with Gasteiger partial charge in [-0.2, -0.15) is 0 Å². The van der Waals surface area contributed by atoms with Crippen LogP contribution >= 0.6 is 22.6 Å². The molecule has 0 spiro atoms. The Hall–Kier alpha value is -0.570. The van der Waals surface area contributed by atoms with Crippen molar-refractivity contribution in [2.75, 3.05) is 0 Å². The highest BCUT2D eigenvalue weighted by atomic mass is 127. The van der Waals surface area contributed by atoms with E-state index in [9.17, 15) is 0 Å². The molecule has 62 valence electrons. The first-order chi connectivity index (χ1) is 5.88. The van der Waals surface area contributed by atoms with E-state index >= 15 is 0 Å². The largest absolute Gasteiger partial charge is 0.103 e. The van der Waals surface area contributed by atoms with E-state index < -0.39 is 0 Å². The molecule has 0 aliphatic rings. The predicted molar refractivity (Wildman–Crippen MR) is 63.3 cm³/mol. The van der Waals surface area contributed by atoms with Crippen LogP contribution in [0.3, 0.4) is 0 Å². The van der Waals surface area contributed by atoms with Crippen LogP contribution in [0.5, 0.6) is 0 Å². The highest BCUT2D eigenvalue weighted by Crippen LogP contribution is 2.19. The molecule has 1 rings (SSSR count). The van der Waals surface area contributed by atoms with Crippen LogP contribution in [0.1, 0.15) is 12.0 Å². The van der Waals surface area contributed by atoms with Gasteiger partial charge in [0.05, 0.1) is 0 Å².